The topological polar surface area (TPSA) is 0 Å². The monoisotopic (exact) mass is 738 g/mol. The molecular weight excluding hydrogens is 697 g/mol. The third-order valence-electron chi connectivity index (χ3n) is 13.8. The van der Waals surface area contributed by atoms with Crippen molar-refractivity contribution in [2.75, 3.05) is 0 Å². The molecule has 0 heteroatoms. The Morgan fingerprint density at radius 2 is 0.638 bits per heavy atom. The Labute approximate surface area is 341 Å². The van der Waals surface area contributed by atoms with Crippen LogP contribution in [0.15, 0.2) is 182 Å². The Hall–Kier alpha value is -6.76. The van der Waals surface area contributed by atoms with Crippen LogP contribution >= 0.6 is 0 Å². The molecule has 0 heterocycles. The Bertz CT molecular complexity index is 3220. The van der Waals surface area contributed by atoms with E-state index in [4.69, 9.17) is 0 Å². The summed E-state index contributed by atoms with van der Waals surface area (Å²) in [5, 5.41) is 2.66. The van der Waals surface area contributed by atoms with Gasteiger partial charge in [0.2, 0.25) is 0 Å². The third kappa shape index (κ3) is 4.63. The van der Waals surface area contributed by atoms with Gasteiger partial charge < -0.3 is 0 Å². The zero-order valence-electron chi connectivity index (χ0n) is 33.3. The molecule has 0 unspecified atom stereocenters. The van der Waals surface area contributed by atoms with Crippen molar-refractivity contribution in [2.24, 2.45) is 0 Å². The van der Waals surface area contributed by atoms with Gasteiger partial charge in [0.1, 0.15) is 0 Å². The smallest absolute Gasteiger partial charge is 0.0159 e. The molecule has 0 radical (unpaired) electrons. The molecular formula is C58H42. The average molecular weight is 739 g/mol. The van der Waals surface area contributed by atoms with Gasteiger partial charge in [0, 0.05) is 10.8 Å². The van der Waals surface area contributed by atoms with Gasteiger partial charge >= 0.3 is 0 Å². The van der Waals surface area contributed by atoms with Crippen molar-refractivity contribution >= 4 is 10.8 Å². The van der Waals surface area contributed by atoms with E-state index in [-0.39, 0.29) is 10.8 Å². The Morgan fingerprint density at radius 3 is 1.24 bits per heavy atom. The first-order valence-electron chi connectivity index (χ1n) is 20.7. The van der Waals surface area contributed by atoms with Crippen molar-refractivity contribution in [1.29, 1.82) is 0 Å². The molecule has 0 bridgehead atoms. The highest BCUT2D eigenvalue weighted by Crippen LogP contribution is 2.53. The number of rotatable bonds is 4. The maximum Gasteiger partial charge on any atom is 0.0159 e. The van der Waals surface area contributed by atoms with Crippen LogP contribution in [0.4, 0.5) is 0 Å². The molecule has 3 aliphatic rings. The fourth-order valence-electron chi connectivity index (χ4n) is 10.8. The summed E-state index contributed by atoms with van der Waals surface area (Å²) in [5.41, 5.74) is 26.3. The van der Waals surface area contributed by atoms with E-state index < -0.39 is 0 Å². The maximum absolute atomic E-state index is 2.43. The van der Waals surface area contributed by atoms with Gasteiger partial charge in [-0.2, -0.15) is 0 Å². The van der Waals surface area contributed by atoms with Crippen LogP contribution < -0.4 is 0 Å². The fraction of sp³-hybridized carbons (Fsp3) is 0.103. The van der Waals surface area contributed by atoms with Crippen LogP contribution in [0.5, 0.6) is 0 Å². The van der Waals surface area contributed by atoms with E-state index in [1.807, 2.05) is 0 Å². The average Bonchev–Trinajstić information content (AvgIpc) is 3.80. The highest BCUT2D eigenvalue weighted by Gasteiger charge is 2.36. The molecule has 0 saturated heterocycles. The lowest BCUT2D eigenvalue weighted by Gasteiger charge is -2.22. The summed E-state index contributed by atoms with van der Waals surface area (Å²) in [7, 11) is 0. The zero-order valence-corrected chi connectivity index (χ0v) is 33.3. The van der Waals surface area contributed by atoms with E-state index in [1.54, 1.807) is 0 Å². The SMILES string of the molecule is CC1(C)c2ccccc2-c2ccc(-c3cccc(-c4ccc5c(c4)-c4ccc(-c6cccc(-c7ccc8c(c7)C(C)(C)c7ccccc7-8)c6)c6cccc-5c46)c3)cc21. The molecule has 58 heavy (non-hydrogen) atoms. The summed E-state index contributed by atoms with van der Waals surface area (Å²) in [6.45, 7) is 9.43. The van der Waals surface area contributed by atoms with Crippen LogP contribution in [0.2, 0.25) is 0 Å². The molecule has 12 rings (SSSR count). The van der Waals surface area contributed by atoms with Crippen LogP contribution in [-0.2, 0) is 10.8 Å². The molecule has 274 valence electrons. The summed E-state index contributed by atoms with van der Waals surface area (Å²) < 4.78 is 0. The van der Waals surface area contributed by atoms with Crippen LogP contribution in [0.3, 0.4) is 0 Å². The third-order valence-corrected chi connectivity index (χ3v) is 13.8. The number of hydrogen-bond acceptors (Lipinski definition) is 0. The summed E-state index contributed by atoms with van der Waals surface area (Å²) in [4.78, 5) is 0. The lowest BCUT2D eigenvalue weighted by molar-refractivity contribution is 0.660. The minimum Gasteiger partial charge on any atom is -0.0619 e. The van der Waals surface area contributed by atoms with Crippen molar-refractivity contribution < 1.29 is 0 Å². The normalized spacial score (nSPS) is 14.5. The number of fused-ring (bicyclic) bond motifs is 9. The Morgan fingerprint density at radius 1 is 0.241 bits per heavy atom. The van der Waals surface area contributed by atoms with Gasteiger partial charge in [-0.25, -0.2) is 0 Å². The van der Waals surface area contributed by atoms with Gasteiger partial charge in [0.25, 0.3) is 0 Å². The molecule has 0 amide bonds. The van der Waals surface area contributed by atoms with Crippen molar-refractivity contribution in [3.8, 4) is 89.0 Å². The molecule has 0 atom stereocenters. The number of hydrogen-bond donors (Lipinski definition) is 0. The van der Waals surface area contributed by atoms with E-state index in [9.17, 15) is 0 Å². The van der Waals surface area contributed by atoms with Gasteiger partial charge in [-0.3, -0.25) is 0 Å². The van der Waals surface area contributed by atoms with Crippen LogP contribution in [-0.4, -0.2) is 0 Å². The van der Waals surface area contributed by atoms with E-state index in [2.05, 4.69) is 210 Å². The van der Waals surface area contributed by atoms with Crippen LogP contribution in [0.25, 0.3) is 99.8 Å². The minimum absolute atomic E-state index is 0.0224. The minimum atomic E-state index is -0.0257. The largest absolute Gasteiger partial charge is 0.0619 e. The molecule has 0 saturated carbocycles. The zero-order chi connectivity index (χ0) is 38.9. The quantitative estimate of drug-likeness (QED) is 0.169. The second-order valence-electron chi connectivity index (χ2n) is 17.7. The van der Waals surface area contributed by atoms with Gasteiger partial charge in [-0.15, -0.1) is 0 Å². The Kier molecular flexibility index (Phi) is 6.84. The van der Waals surface area contributed by atoms with Crippen LogP contribution in [0, 0.1) is 0 Å². The summed E-state index contributed by atoms with van der Waals surface area (Å²) >= 11 is 0. The molecule has 0 fully saturated rings. The highest BCUT2D eigenvalue weighted by atomic mass is 14.4. The molecule has 0 nitrogen and oxygen atoms in total. The summed E-state index contributed by atoms with van der Waals surface area (Å²) in [6.07, 6.45) is 0. The lowest BCUT2D eigenvalue weighted by atomic mass is 9.81. The number of benzene rings is 9. The molecule has 9 aromatic rings. The molecule has 0 N–H and O–H groups in total. The molecule has 0 aromatic heterocycles. The Balaban J connectivity index is 0.896. The van der Waals surface area contributed by atoms with Gasteiger partial charge in [0.15, 0.2) is 0 Å². The van der Waals surface area contributed by atoms with Crippen molar-refractivity contribution in [3.63, 3.8) is 0 Å². The highest BCUT2D eigenvalue weighted by molar-refractivity contribution is 6.19. The predicted molar refractivity (Wildman–Crippen MR) is 245 cm³/mol. The summed E-state index contributed by atoms with van der Waals surface area (Å²) in [6, 6.07) is 68.7. The molecule has 0 aliphatic heterocycles. The van der Waals surface area contributed by atoms with E-state index in [0.717, 1.165) is 0 Å². The molecule has 9 aromatic carbocycles. The first-order valence-corrected chi connectivity index (χ1v) is 20.7. The van der Waals surface area contributed by atoms with Crippen molar-refractivity contribution in [1.82, 2.24) is 0 Å². The predicted octanol–water partition coefficient (Wildman–Crippen LogP) is 15.8. The first kappa shape index (κ1) is 33.4. The van der Waals surface area contributed by atoms with Gasteiger partial charge in [0.05, 0.1) is 0 Å². The standard InChI is InChI=1S/C58H42/c1-57(2)52-20-7-5-16-44(52)46-26-23-39(33-54(46)57)36-13-9-12-35(30-36)38-22-25-43-49-19-11-18-48-42(28-29-50(56(48)49)51(43)32-38)41-15-10-14-37(31-41)40-24-27-47-45-17-6-8-21-53(45)58(3,4)55(47)34-40/h5-34H,1-4H3. The van der Waals surface area contributed by atoms with E-state index in [0.29, 0.717) is 0 Å². The van der Waals surface area contributed by atoms with E-state index >= 15 is 0 Å². The van der Waals surface area contributed by atoms with Gasteiger partial charge in [-0.1, -0.05) is 179 Å². The van der Waals surface area contributed by atoms with Crippen molar-refractivity contribution in [3.05, 3.63) is 204 Å². The molecule has 3 aliphatic carbocycles. The second kappa shape index (κ2) is 11.9. The van der Waals surface area contributed by atoms with Crippen LogP contribution in [0.1, 0.15) is 49.9 Å². The second-order valence-corrected chi connectivity index (χ2v) is 17.7. The maximum atomic E-state index is 2.43. The van der Waals surface area contributed by atoms with Crippen molar-refractivity contribution in [2.45, 2.75) is 38.5 Å². The lowest BCUT2D eigenvalue weighted by Crippen LogP contribution is -2.14. The first-order chi connectivity index (χ1) is 28.3. The summed E-state index contributed by atoms with van der Waals surface area (Å²) in [5.74, 6) is 0. The van der Waals surface area contributed by atoms with Gasteiger partial charge in [-0.05, 0) is 152 Å². The fourth-order valence-corrected chi connectivity index (χ4v) is 10.8. The van der Waals surface area contributed by atoms with E-state index in [1.165, 1.54) is 122 Å². The molecule has 0 spiro atoms.